The Kier molecular flexibility index (Phi) is 6.71. The Morgan fingerprint density at radius 3 is 2.79 bits per heavy atom. The van der Waals surface area contributed by atoms with E-state index >= 15 is 0 Å². The van der Waals surface area contributed by atoms with E-state index in [2.05, 4.69) is 32.8 Å². The van der Waals surface area contributed by atoms with E-state index in [-0.39, 0.29) is 17.9 Å². The SMILES string of the molecule is O=C(CN1Cc2ccccc2OC(c2ccsc2)C1)N1CCC(C(O)c2cccnc2)CC1. The maximum atomic E-state index is 13.2. The topological polar surface area (TPSA) is 65.9 Å². The van der Waals surface area contributed by atoms with E-state index in [1.165, 1.54) is 0 Å². The van der Waals surface area contributed by atoms with E-state index in [1.807, 2.05) is 35.2 Å². The van der Waals surface area contributed by atoms with Crippen LogP contribution in [0.2, 0.25) is 0 Å². The largest absolute Gasteiger partial charge is 0.484 e. The second-order valence-corrected chi connectivity index (χ2v) is 9.67. The van der Waals surface area contributed by atoms with Crippen LogP contribution in [0, 0.1) is 5.92 Å². The maximum absolute atomic E-state index is 13.2. The number of rotatable bonds is 5. The van der Waals surface area contributed by atoms with Crippen LogP contribution in [0.5, 0.6) is 5.75 Å². The summed E-state index contributed by atoms with van der Waals surface area (Å²) in [6.45, 7) is 3.09. The minimum absolute atomic E-state index is 0.0898. The molecular formula is C26H29N3O3S. The summed E-state index contributed by atoms with van der Waals surface area (Å²) in [5.41, 5.74) is 3.12. The highest BCUT2D eigenvalue weighted by molar-refractivity contribution is 7.07. The molecule has 0 aliphatic carbocycles. The predicted molar refractivity (Wildman–Crippen MR) is 128 cm³/mol. The van der Waals surface area contributed by atoms with Crippen molar-refractivity contribution in [3.63, 3.8) is 0 Å². The Morgan fingerprint density at radius 1 is 1.18 bits per heavy atom. The molecule has 0 radical (unpaired) electrons. The Morgan fingerprint density at radius 2 is 2.03 bits per heavy atom. The fourth-order valence-corrected chi connectivity index (χ4v) is 5.51. The van der Waals surface area contributed by atoms with E-state index in [1.54, 1.807) is 23.7 Å². The van der Waals surface area contributed by atoms with Gasteiger partial charge in [-0.3, -0.25) is 14.7 Å². The summed E-state index contributed by atoms with van der Waals surface area (Å²) >= 11 is 1.66. The lowest BCUT2D eigenvalue weighted by Gasteiger charge is -2.35. The van der Waals surface area contributed by atoms with Gasteiger partial charge in [-0.25, -0.2) is 0 Å². The Labute approximate surface area is 198 Å². The molecule has 2 atom stereocenters. The van der Waals surface area contributed by atoms with Crippen molar-refractivity contribution >= 4 is 17.2 Å². The van der Waals surface area contributed by atoms with E-state index in [0.29, 0.717) is 32.7 Å². The van der Waals surface area contributed by atoms with Crippen LogP contribution in [0.4, 0.5) is 0 Å². The third-order valence-electron chi connectivity index (χ3n) is 6.70. The van der Waals surface area contributed by atoms with Gasteiger partial charge in [-0.2, -0.15) is 11.3 Å². The number of aromatic nitrogens is 1. The molecule has 3 aromatic rings. The summed E-state index contributed by atoms with van der Waals surface area (Å²) in [5.74, 6) is 1.20. The van der Waals surface area contributed by atoms with Gasteiger partial charge >= 0.3 is 0 Å². The standard InChI is InChI=1S/C26H29N3O3S/c30-25(29-11-7-19(8-12-29)26(31)20-5-3-10-27-14-20)17-28-15-21-4-1-2-6-23(21)32-24(16-28)22-9-13-33-18-22/h1-6,9-10,13-14,18-19,24,26,31H,7-8,11-12,15-17H2. The van der Waals surface area contributed by atoms with Crippen molar-refractivity contribution in [1.29, 1.82) is 0 Å². The van der Waals surface area contributed by atoms with Crippen molar-refractivity contribution in [2.45, 2.75) is 31.6 Å². The molecule has 2 unspecified atom stereocenters. The lowest BCUT2D eigenvalue weighted by Crippen LogP contribution is -2.45. The number of hydrogen-bond acceptors (Lipinski definition) is 6. The number of thiophene rings is 1. The molecule has 2 aliphatic rings. The van der Waals surface area contributed by atoms with Crippen LogP contribution < -0.4 is 4.74 Å². The van der Waals surface area contributed by atoms with Gasteiger partial charge in [-0.1, -0.05) is 24.3 Å². The molecule has 0 spiro atoms. The molecule has 172 valence electrons. The van der Waals surface area contributed by atoms with Crippen molar-refractivity contribution in [2.75, 3.05) is 26.2 Å². The molecular weight excluding hydrogens is 434 g/mol. The van der Waals surface area contributed by atoms with Crippen LogP contribution in [0.1, 0.15) is 41.7 Å². The van der Waals surface area contributed by atoms with Gasteiger partial charge in [0.25, 0.3) is 0 Å². The third kappa shape index (κ3) is 5.11. The number of pyridine rings is 1. The van der Waals surface area contributed by atoms with E-state index in [4.69, 9.17) is 4.74 Å². The number of para-hydroxylation sites is 1. The lowest BCUT2D eigenvalue weighted by atomic mass is 9.88. The zero-order valence-electron chi connectivity index (χ0n) is 18.5. The first-order chi connectivity index (χ1) is 16.2. The maximum Gasteiger partial charge on any atom is 0.236 e. The molecule has 33 heavy (non-hydrogen) atoms. The van der Waals surface area contributed by atoms with Crippen LogP contribution in [0.3, 0.4) is 0 Å². The number of piperidine rings is 1. The average Bonchev–Trinajstić information content (AvgIpc) is 3.33. The van der Waals surface area contributed by atoms with Gasteiger partial charge < -0.3 is 14.7 Å². The Hall–Kier alpha value is -2.74. The fraction of sp³-hybridized carbons (Fsp3) is 0.385. The van der Waals surface area contributed by atoms with Gasteiger partial charge in [-0.05, 0) is 53.3 Å². The van der Waals surface area contributed by atoms with Gasteiger partial charge in [0.05, 0.1) is 12.6 Å². The first kappa shape index (κ1) is 22.1. The molecule has 2 aliphatic heterocycles. The number of benzene rings is 1. The molecule has 4 heterocycles. The highest BCUT2D eigenvalue weighted by Gasteiger charge is 2.31. The molecule has 1 aromatic carbocycles. The molecule has 2 aromatic heterocycles. The summed E-state index contributed by atoms with van der Waals surface area (Å²) in [7, 11) is 0. The summed E-state index contributed by atoms with van der Waals surface area (Å²) in [6, 6.07) is 14.0. The number of likely N-dealkylation sites (tertiary alicyclic amines) is 1. The second kappa shape index (κ2) is 10.0. The normalized spacial score (nSPS) is 20.5. The highest BCUT2D eigenvalue weighted by atomic mass is 32.1. The predicted octanol–water partition coefficient (Wildman–Crippen LogP) is 4.05. The molecule has 0 saturated carbocycles. The van der Waals surface area contributed by atoms with Crippen molar-refractivity contribution in [3.05, 3.63) is 82.3 Å². The number of carbonyl (C=O) groups is 1. The summed E-state index contributed by atoms with van der Waals surface area (Å²) in [5, 5.41) is 14.9. The van der Waals surface area contributed by atoms with Crippen LogP contribution in [0.15, 0.2) is 65.6 Å². The zero-order chi connectivity index (χ0) is 22.6. The van der Waals surface area contributed by atoms with Gasteiger partial charge in [0, 0.05) is 49.7 Å². The second-order valence-electron chi connectivity index (χ2n) is 8.89. The number of fused-ring (bicyclic) bond motifs is 1. The summed E-state index contributed by atoms with van der Waals surface area (Å²) in [6.07, 6.45) is 4.42. The van der Waals surface area contributed by atoms with Gasteiger partial charge in [-0.15, -0.1) is 0 Å². The average molecular weight is 464 g/mol. The molecule has 1 fully saturated rings. The smallest absolute Gasteiger partial charge is 0.236 e. The molecule has 1 amide bonds. The highest BCUT2D eigenvalue weighted by Crippen LogP contribution is 2.33. The van der Waals surface area contributed by atoms with Crippen LogP contribution in [-0.4, -0.2) is 52.0 Å². The van der Waals surface area contributed by atoms with Crippen molar-refractivity contribution in [2.24, 2.45) is 5.92 Å². The minimum Gasteiger partial charge on any atom is -0.484 e. The summed E-state index contributed by atoms with van der Waals surface area (Å²) in [4.78, 5) is 21.5. The van der Waals surface area contributed by atoms with Gasteiger partial charge in [0.1, 0.15) is 11.9 Å². The van der Waals surface area contributed by atoms with Crippen molar-refractivity contribution in [1.82, 2.24) is 14.8 Å². The number of ether oxygens (including phenoxy) is 1. The van der Waals surface area contributed by atoms with Crippen LogP contribution >= 0.6 is 11.3 Å². The number of aliphatic hydroxyl groups excluding tert-OH is 1. The number of aliphatic hydroxyl groups is 1. The minimum atomic E-state index is -0.526. The van der Waals surface area contributed by atoms with Crippen molar-refractivity contribution < 1.29 is 14.6 Å². The van der Waals surface area contributed by atoms with Gasteiger partial charge in [0.2, 0.25) is 5.91 Å². The quantitative estimate of drug-likeness (QED) is 0.618. The third-order valence-corrected chi connectivity index (χ3v) is 7.40. The van der Waals surface area contributed by atoms with Crippen LogP contribution in [0.25, 0.3) is 0 Å². The van der Waals surface area contributed by atoms with E-state index < -0.39 is 6.10 Å². The first-order valence-corrected chi connectivity index (χ1v) is 12.5. The molecule has 0 bridgehead atoms. The molecule has 7 heteroatoms. The monoisotopic (exact) mass is 463 g/mol. The molecule has 6 nitrogen and oxygen atoms in total. The number of carbonyl (C=O) groups excluding carboxylic acids is 1. The number of nitrogens with zero attached hydrogens (tertiary/aromatic N) is 3. The van der Waals surface area contributed by atoms with E-state index in [9.17, 15) is 9.90 Å². The molecule has 5 rings (SSSR count). The zero-order valence-corrected chi connectivity index (χ0v) is 19.4. The number of amides is 1. The Bertz CT molecular complexity index is 1050. The lowest BCUT2D eigenvalue weighted by molar-refractivity contribution is -0.134. The first-order valence-electron chi connectivity index (χ1n) is 11.5. The molecule has 1 saturated heterocycles. The number of hydrogen-bond donors (Lipinski definition) is 1. The van der Waals surface area contributed by atoms with Crippen molar-refractivity contribution in [3.8, 4) is 5.75 Å². The van der Waals surface area contributed by atoms with E-state index in [0.717, 1.165) is 35.3 Å². The fourth-order valence-electron chi connectivity index (χ4n) is 4.81. The Balaban J connectivity index is 1.22. The van der Waals surface area contributed by atoms with Gasteiger partial charge in [0.15, 0.2) is 0 Å². The summed E-state index contributed by atoms with van der Waals surface area (Å²) < 4.78 is 6.35. The molecule has 1 N–H and O–H groups in total. The van der Waals surface area contributed by atoms with Crippen LogP contribution in [-0.2, 0) is 11.3 Å².